The molecule has 0 aromatic heterocycles. The van der Waals surface area contributed by atoms with Gasteiger partial charge in [0.1, 0.15) is 13.2 Å². The van der Waals surface area contributed by atoms with Crippen molar-refractivity contribution in [2.24, 2.45) is 5.92 Å². The van der Waals surface area contributed by atoms with Gasteiger partial charge < -0.3 is 14.8 Å². The van der Waals surface area contributed by atoms with Crippen molar-refractivity contribution >= 4 is 11.6 Å². The summed E-state index contributed by atoms with van der Waals surface area (Å²) in [5, 5.41) is 4.24. The van der Waals surface area contributed by atoms with E-state index in [0.717, 1.165) is 48.0 Å². The second-order valence-electron chi connectivity index (χ2n) is 5.77. The molecule has 0 amide bonds. The van der Waals surface area contributed by atoms with Crippen molar-refractivity contribution in [3.8, 4) is 11.5 Å². The van der Waals surface area contributed by atoms with Crippen molar-refractivity contribution in [2.45, 2.75) is 39.5 Å². The maximum absolute atomic E-state index is 6.34. The maximum atomic E-state index is 6.34. The quantitative estimate of drug-likeness (QED) is 0.734. The molecule has 1 aliphatic rings. The van der Waals surface area contributed by atoms with E-state index in [2.05, 4.69) is 19.2 Å². The zero-order valence-corrected chi connectivity index (χ0v) is 13.8. The summed E-state index contributed by atoms with van der Waals surface area (Å²) in [5.41, 5.74) is 1.16. The molecule has 1 aliphatic heterocycles. The summed E-state index contributed by atoms with van der Waals surface area (Å²) in [5.74, 6) is 2.29. The number of hydrogen-bond donors (Lipinski definition) is 1. The number of rotatable bonds is 8. The van der Waals surface area contributed by atoms with E-state index < -0.39 is 0 Å². The van der Waals surface area contributed by atoms with Gasteiger partial charge in [0, 0.05) is 11.1 Å². The van der Waals surface area contributed by atoms with Crippen LogP contribution in [0.4, 0.5) is 0 Å². The van der Waals surface area contributed by atoms with Gasteiger partial charge in [0.05, 0.1) is 0 Å². The van der Waals surface area contributed by atoms with Crippen LogP contribution in [-0.4, -0.2) is 26.3 Å². The van der Waals surface area contributed by atoms with Gasteiger partial charge in [-0.05, 0) is 56.3 Å². The minimum atomic E-state index is 0.602. The number of fused-ring (bicyclic) bond motifs is 1. The van der Waals surface area contributed by atoms with Gasteiger partial charge in [-0.3, -0.25) is 0 Å². The van der Waals surface area contributed by atoms with Crippen LogP contribution >= 0.6 is 11.6 Å². The summed E-state index contributed by atoms with van der Waals surface area (Å²) < 4.78 is 11.2. The van der Waals surface area contributed by atoms with E-state index >= 15 is 0 Å². The largest absolute Gasteiger partial charge is 0.486 e. The molecule has 0 bridgehead atoms. The molecule has 0 saturated heterocycles. The lowest BCUT2D eigenvalue weighted by molar-refractivity contribution is 0.171. The third-order valence-corrected chi connectivity index (χ3v) is 4.21. The average Bonchev–Trinajstić information content (AvgIpc) is 2.49. The second-order valence-corrected chi connectivity index (χ2v) is 6.18. The van der Waals surface area contributed by atoms with Crippen molar-refractivity contribution < 1.29 is 9.47 Å². The van der Waals surface area contributed by atoms with Gasteiger partial charge in [-0.1, -0.05) is 25.4 Å². The van der Waals surface area contributed by atoms with Crippen LogP contribution in [0.5, 0.6) is 11.5 Å². The summed E-state index contributed by atoms with van der Waals surface area (Å²) in [6, 6.07) is 3.93. The van der Waals surface area contributed by atoms with Crippen molar-refractivity contribution in [2.75, 3.05) is 26.3 Å². The molecule has 1 heterocycles. The van der Waals surface area contributed by atoms with E-state index in [4.69, 9.17) is 21.1 Å². The molecule has 0 saturated carbocycles. The molecule has 1 unspecified atom stereocenters. The van der Waals surface area contributed by atoms with Gasteiger partial charge in [-0.2, -0.15) is 0 Å². The average molecular weight is 312 g/mol. The summed E-state index contributed by atoms with van der Waals surface area (Å²) in [4.78, 5) is 0. The highest BCUT2D eigenvalue weighted by Gasteiger charge is 2.15. The molecule has 21 heavy (non-hydrogen) atoms. The Morgan fingerprint density at radius 3 is 2.57 bits per heavy atom. The van der Waals surface area contributed by atoms with Gasteiger partial charge >= 0.3 is 0 Å². The third-order valence-electron chi connectivity index (χ3n) is 3.86. The second kappa shape index (κ2) is 8.50. The minimum absolute atomic E-state index is 0.602. The van der Waals surface area contributed by atoms with Crippen LogP contribution in [-0.2, 0) is 6.42 Å². The number of halogens is 1. The van der Waals surface area contributed by atoms with Crippen molar-refractivity contribution in [3.63, 3.8) is 0 Å². The zero-order chi connectivity index (χ0) is 15.1. The summed E-state index contributed by atoms with van der Waals surface area (Å²) in [7, 11) is 0. The molecule has 2 rings (SSSR count). The van der Waals surface area contributed by atoms with Gasteiger partial charge in [0.25, 0.3) is 0 Å². The lowest BCUT2D eigenvalue weighted by Gasteiger charge is -2.20. The predicted octanol–water partition coefficient (Wildman–Crippen LogP) is 4.07. The fourth-order valence-electron chi connectivity index (χ4n) is 2.49. The Hall–Kier alpha value is -0.930. The Bertz CT molecular complexity index is 451. The number of aryl methyl sites for hydroxylation is 1. The smallest absolute Gasteiger partial charge is 0.162 e. The van der Waals surface area contributed by atoms with Crippen LogP contribution in [0.1, 0.15) is 38.7 Å². The molecule has 0 fully saturated rings. The Morgan fingerprint density at radius 1 is 1.14 bits per heavy atom. The topological polar surface area (TPSA) is 30.5 Å². The lowest BCUT2D eigenvalue weighted by atomic mass is 9.98. The van der Waals surface area contributed by atoms with E-state index in [1.54, 1.807) is 0 Å². The summed E-state index contributed by atoms with van der Waals surface area (Å²) >= 11 is 6.34. The molecular weight excluding hydrogens is 286 g/mol. The van der Waals surface area contributed by atoms with Crippen molar-refractivity contribution in [3.05, 3.63) is 22.7 Å². The molecule has 0 radical (unpaired) electrons. The van der Waals surface area contributed by atoms with Gasteiger partial charge in [-0.15, -0.1) is 0 Å². The highest BCUT2D eigenvalue weighted by molar-refractivity contribution is 6.31. The summed E-state index contributed by atoms with van der Waals surface area (Å²) in [6.45, 7) is 7.93. The van der Waals surface area contributed by atoms with Gasteiger partial charge in [0.15, 0.2) is 11.5 Å². The fourth-order valence-corrected chi connectivity index (χ4v) is 2.74. The SMILES string of the molecule is CCCNCCC(C)CCc1cc2c(cc1Cl)OCCO2. The standard InChI is InChI=1S/C17H26ClNO2/c1-3-7-19-8-6-13(2)4-5-14-11-16-17(12-15(14)18)21-10-9-20-16/h11-13,19H,3-10H2,1-2H3. The Morgan fingerprint density at radius 2 is 1.86 bits per heavy atom. The number of hydrogen-bond acceptors (Lipinski definition) is 3. The monoisotopic (exact) mass is 311 g/mol. The highest BCUT2D eigenvalue weighted by Crippen LogP contribution is 2.36. The Balaban J connectivity index is 1.82. The molecule has 1 aromatic carbocycles. The van der Waals surface area contributed by atoms with Gasteiger partial charge in [0.2, 0.25) is 0 Å². The van der Waals surface area contributed by atoms with E-state index in [-0.39, 0.29) is 0 Å². The highest BCUT2D eigenvalue weighted by atomic mass is 35.5. The van der Waals surface area contributed by atoms with Crippen molar-refractivity contribution in [1.82, 2.24) is 5.32 Å². The van der Waals surface area contributed by atoms with Crippen LogP contribution in [0.3, 0.4) is 0 Å². The maximum Gasteiger partial charge on any atom is 0.162 e. The predicted molar refractivity (Wildman–Crippen MR) is 87.7 cm³/mol. The molecule has 0 spiro atoms. The molecule has 4 heteroatoms. The first-order chi connectivity index (χ1) is 10.2. The summed E-state index contributed by atoms with van der Waals surface area (Å²) in [6.07, 6.45) is 4.54. The van der Waals surface area contributed by atoms with Crippen LogP contribution in [0.15, 0.2) is 12.1 Å². The first-order valence-corrected chi connectivity index (χ1v) is 8.37. The Kier molecular flexibility index (Phi) is 6.65. The van der Waals surface area contributed by atoms with E-state index in [0.29, 0.717) is 19.1 Å². The van der Waals surface area contributed by atoms with Crippen molar-refractivity contribution in [1.29, 1.82) is 0 Å². The fraction of sp³-hybridized carbons (Fsp3) is 0.647. The van der Waals surface area contributed by atoms with Crippen LogP contribution in [0, 0.1) is 5.92 Å². The van der Waals surface area contributed by atoms with E-state index in [1.807, 2.05) is 12.1 Å². The third kappa shape index (κ3) is 5.08. The van der Waals surface area contributed by atoms with Crippen LogP contribution in [0.25, 0.3) is 0 Å². The van der Waals surface area contributed by atoms with Gasteiger partial charge in [-0.25, -0.2) is 0 Å². The molecule has 118 valence electrons. The lowest BCUT2D eigenvalue weighted by Crippen LogP contribution is -2.18. The molecule has 1 atom stereocenters. The first-order valence-electron chi connectivity index (χ1n) is 7.99. The number of ether oxygens (including phenoxy) is 2. The van der Waals surface area contributed by atoms with Crippen LogP contribution in [0.2, 0.25) is 5.02 Å². The Labute approximate surface area is 133 Å². The number of nitrogens with one attached hydrogen (secondary N) is 1. The molecule has 1 aromatic rings. The molecule has 3 nitrogen and oxygen atoms in total. The zero-order valence-electron chi connectivity index (χ0n) is 13.1. The van der Waals surface area contributed by atoms with Crippen LogP contribution < -0.4 is 14.8 Å². The first kappa shape index (κ1) is 16.4. The normalized spacial score (nSPS) is 15.0. The van der Waals surface area contributed by atoms with E-state index in [1.165, 1.54) is 12.8 Å². The molecular formula is C17H26ClNO2. The number of benzene rings is 1. The van der Waals surface area contributed by atoms with E-state index in [9.17, 15) is 0 Å². The molecule has 1 N–H and O–H groups in total. The minimum Gasteiger partial charge on any atom is -0.486 e. The molecule has 0 aliphatic carbocycles.